The first-order valence-corrected chi connectivity index (χ1v) is 14.8. The van der Waals surface area contributed by atoms with Crippen molar-refractivity contribution in [3.63, 3.8) is 0 Å². The van der Waals surface area contributed by atoms with Gasteiger partial charge in [-0.25, -0.2) is 0 Å². The molecule has 0 nitrogen and oxygen atoms in total. The van der Waals surface area contributed by atoms with Gasteiger partial charge in [0, 0.05) is 36.5 Å². The van der Waals surface area contributed by atoms with Crippen LogP contribution in [0, 0.1) is 0 Å². The van der Waals surface area contributed by atoms with Gasteiger partial charge in [-0.05, 0) is 73.6 Å². The summed E-state index contributed by atoms with van der Waals surface area (Å²) in [6.07, 6.45) is 0. The number of hydrogen-bond acceptors (Lipinski definition) is 2. The zero-order valence-corrected chi connectivity index (χ0v) is 22.2. The molecule has 3 aliphatic heterocycles. The van der Waals surface area contributed by atoms with E-state index in [0.29, 0.717) is 12.6 Å². The van der Waals surface area contributed by atoms with E-state index < -0.39 is 0 Å². The van der Waals surface area contributed by atoms with Crippen molar-refractivity contribution in [3.8, 4) is 22.3 Å². The van der Waals surface area contributed by atoms with Crippen LogP contribution < -0.4 is 16.4 Å². The molecule has 2 aliphatic carbocycles. The van der Waals surface area contributed by atoms with Crippen LogP contribution in [0.2, 0.25) is 0 Å². The van der Waals surface area contributed by atoms with Gasteiger partial charge >= 0.3 is 0 Å². The fourth-order valence-electron chi connectivity index (χ4n) is 8.32. The Kier molecular flexibility index (Phi) is 3.38. The summed E-state index contributed by atoms with van der Waals surface area (Å²) in [4.78, 5) is 5.85. The van der Waals surface area contributed by atoms with Crippen molar-refractivity contribution in [2.75, 3.05) is 0 Å². The molecule has 0 aromatic heterocycles. The van der Waals surface area contributed by atoms with E-state index in [1.807, 2.05) is 23.5 Å². The topological polar surface area (TPSA) is 0 Å². The summed E-state index contributed by atoms with van der Waals surface area (Å²) in [6, 6.07) is 32.5. The molecule has 0 amide bonds. The van der Waals surface area contributed by atoms with Crippen molar-refractivity contribution in [2.24, 2.45) is 0 Å². The number of hydrogen-bond donors (Lipinski definition) is 0. The Hall–Kier alpha value is -3.14. The smallest absolute Gasteiger partial charge is 0.0911 e. The molecule has 3 heterocycles. The van der Waals surface area contributed by atoms with Crippen molar-refractivity contribution in [1.82, 2.24) is 0 Å². The van der Waals surface area contributed by atoms with Gasteiger partial charge in [0.1, 0.15) is 0 Å². The van der Waals surface area contributed by atoms with Gasteiger partial charge in [-0.15, -0.1) is 0 Å². The van der Waals surface area contributed by atoms with Gasteiger partial charge < -0.3 is 0 Å². The second kappa shape index (κ2) is 6.29. The predicted molar refractivity (Wildman–Crippen MR) is 156 cm³/mol. The maximum atomic E-state index is 2.49. The van der Waals surface area contributed by atoms with E-state index in [4.69, 9.17) is 0 Å². The lowest BCUT2D eigenvalue weighted by Gasteiger charge is -2.46. The van der Waals surface area contributed by atoms with Crippen LogP contribution in [0.4, 0.5) is 0 Å². The quantitative estimate of drug-likeness (QED) is 0.206. The number of fused-ring (bicyclic) bond motifs is 8. The Morgan fingerprint density at radius 1 is 0.622 bits per heavy atom. The Morgan fingerprint density at radius 2 is 1.24 bits per heavy atom. The Morgan fingerprint density at radius 3 is 2.00 bits per heavy atom. The summed E-state index contributed by atoms with van der Waals surface area (Å²) < 4.78 is 0. The molecule has 3 heteroatoms. The molecule has 0 radical (unpaired) electrons. The third-order valence-corrected chi connectivity index (χ3v) is 11.9. The van der Waals surface area contributed by atoms with Crippen molar-refractivity contribution >= 4 is 46.6 Å². The summed E-state index contributed by atoms with van der Waals surface area (Å²) in [5.74, 6) is 0.345. The molecule has 0 spiro atoms. The van der Waals surface area contributed by atoms with Crippen LogP contribution in [0.3, 0.4) is 0 Å². The van der Waals surface area contributed by atoms with Gasteiger partial charge in [-0.2, -0.15) is 0 Å². The Bertz CT molecular complexity index is 1930. The molecule has 0 saturated heterocycles. The van der Waals surface area contributed by atoms with Gasteiger partial charge in [-0.3, -0.25) is 0 Å². The summed E-state index contributed by atoms with van der Waals surface area (Å²) in [7, 11) is 0. The molecule has 0 fully saturated rings. The van der Waals surface area contributed by atoms with Crippen molar-refractivity contribution in [1.29, 1.82) is 0 Å². The van der Waals surface area contributed by atoms with Crippen LogP contribution in [-0.4, -0.2) is 6.71 Å². The molecule has 172 valence electrons. The van der Waals surface area contributed by atoms with Crippen molar-refractivity contribution in [2.45, 2.75) is 44.8 Å². The average Bonchev–Trinajstić information content (AvgIpc) is 3.43. The molecule has 5 aliphatic rings. The van der Waals surface area contributed by atoms with Crippen LogP contribution >= 0.6 is 23.5 Å². The molecule has 5 aromatic rings. The van der Waals surface area contributed by atoms with E-state index in [1.165, 1.54) is 58.5 Å². The summed E-state index contributed by atoms with van der Waals surface area (Å²) in [5.41, 5.74) is 18.2. The van der Waals surface area contributed by atoms with E-state index in [2.05, 4.69) is 98.8 Å². The third kappa shape index (κ3) is 2.07. The first-order valence-electron chi connectivity index (χ1n) is 13.2. The molecular formula is C34H21BS2. The van der Waals surface area contributed by atoms with Gasteiger partial charge in [-0.1, -0.05) is 110 Å². The van der Waals surface area contributed by atoms with Gasteiger partial charge in [0.05, 0.1) is 0 Å². The minimum Gasteiger partial charge on any atom is -0.0911 e. The molecule has 0 bridgehead atoms. The lowest BCUT2D eigenvalue weighted by Crippen LogP contribution is -2.65. The van der Waals surface area contributed by atoms with Crippen LogP contribution in [-0.2, 0) is 5.41 Å². The van der Waals surface area contributed by atoms with Crippen LogP contribution in [0.15, 0.2) is 105 Å². The van der Waals surface area contributed by atoms with Crippen LogP contribution in [0.1, 0.15) is 47.6 Å². The molecule has 1 atom stereocenters. The largest absolute Gasteiger partial charge is 0.247 e. The minimum absolute atomic E-state index is 0.0715. The van der Waals surface area contributed by atoms with Crippen molar-refractivity contribution in [3.05, 3.63) is 113 Å². The van der Waals surface area contributed by atoms with E-state index in [0.717, 1.165) is 0 Å². The third-order valence-electron chi connectivity index (χ3n) is 9.59. The zero-order valence-electron chi connectivity index (χ0n) is 20.6. The SMILES string of the molecule is CC1(C)c2cccc3c2B2c4c(cccc4Sc4c2c1c1c2c4-c4ccccc4C2c2ccccc2-1)S3. The lowest BCUT2D eigenvalue weighted by molar-refractivity contribution is 0.644. The second-order valence-corrected chi connectivity index (χ2v) is 13.7. The summed E-state index contributed by atoms with van der Waals surface area (Å²) in [6.45, 7) is 5.29. The number of rotatable bonds is 0. The van der Waals surface area contributed by atoms with Gasteiger partial charge in [0.2, 0.25) is 6.71 Å². The second-order valence-electron chi connectivity index (χ2n) is 11.5. The van der Waals surface area contributed by atoms with E-state index in [1.54, 1.807) is 27.5 Å². The van der Waals surface area contributed by atoms with E-state index in [9.17, 15) is 0 Å². The highest BCUT2D eigenvalue weighted by atomic mass is 32.2. The van der Waals surface area contributed by atoms with Crippen LogP contribution in [0.5, 0.6) is 0 Å². The maximum Gasteiger partial charge on any atom is 0.247 e. The molecule has 1 unspecified atom stereocenters. The van der Waals surface area contributed by atoms with Gasteiger partial charge in [0.15, 0.2) is 0 Å². The standard InChI is InChI=1S/C34H21BS2/c1-34(2)21-13-7-14-22-30(21)35-31-23(36-22)15-8-16-24(31)37-33-27-20-12-6-4-10-18(20)25-17-9-3-5-11-19(17)26(28(25)27)29(34)32(33)35/h3-16,25H,1-2H3. The monoisotopic (exact) mass is 504 g/mol. The average molecular weight is 504 g/mol. The van der Waals surface area contributed by atoms with Gasteiger partial charge in [0.25, 0.3) is 0 Å². The Labute approximate surface area is 225 Å². The summed E-state index contributed by atoms with van der Waals surface area (Å²) in [5, 5.41) is 0. The van der Waals surface area contributed by atoms with E-state index >= 15 is 0 Å². The molecule has 0 saturated carbocycles. The first kappa shape index (κ1) is 19.9. The maximum absolute atomic E-state index is 2.49. The highest BCUT2D eigenvalue weighted by molar-refractivity contribution is 8.01. The van der Waals surface area contributed by atoms with Crippen molar-refractivity contribution < 1.29 is 0 Å². The predicted octanol–water partition coefficient (Wildman–Crippen LogP) is 6.91. The van der Waals surface area contributed by atoms with Crippen LogP contribution in [0.25, 0.3) is 22.3 Å². The molecular weight excluding hydrogens is 483 g/mol. The Balaban J connectivity index is 1.47. The highest BCUT2D eigenvalue weighted by Gasteiger charge is 2.53. The van der Waals surface area contributed by atoms with E-state index in [-0.39, 0.29) is 5.41 Å². The highest BCUT2D eigenvalue weighted by Crippen LogP contribution is 2.63. The fraction of sp³-hybridized carbons (Fsp3) is 0.118. The number of benzene rings is 5. The molecule has 10 rings (SSSR count). The molecule has 37 heavy (non-hydrogen) atoms. The fourth-order valence-corrected chi connectivity index (χ4v) is 10.9. The summed E-state index contributed by atoms with van der Waals surface area (Å²) >= 11 is 4.02. The molecule has 0 N–H and O–H groups in total. The zero-order chi connectivity index (χ0) is 24.2. The first-order chi connectivity index (χ1) is 18.1. The normalized spacial score (nSPS) is 18.8. The minimum atomic E-state index is -0.0715. The lowest BCUT2D eigenvalue weighted by atomic mass is 9.30. The molecule has 5 aromatic carbocycles.